The van der Waals surface area contributed by atoms with Crippen LogP contribution in [-0.2, 0) is 13.0 Å². The summed E-state index contributed by atoms with van der Waals surface area (Å²) in [6, 6.07) is 8.84. The summed E-state index contributed by atoms with van der Waals surface area (Å²) in [6.45, 7) is 7.81. The van der Waals surface area contributed by atoms with E-state index in [1.165, 1.54) is 22.9 Å². The van der Waals surface area contributed by atoms with E-state index in [1.54, 1.807) is 0 Å². The van der Waals surface area contributed by atoms with Crippen LogP contribution < -0.4 is 0 Å². The Morgan fingerprint density at radius 3 is 2.67 bits per heavy atom. The molecule has 1 heterocycles. The maximum Gasteiger partial charge on any atom is 0.0512 e. The topological polar surface area (TPSA) is 4.93 Å². The molecule has 0 amide bonds. The second-order valence-corrected chi connectivity index (χ2v) is 4.55. The molecule has 0 N–H and O–H groups in total. The van der Waals surface area contributed by atoms with Gasteiger partial charge in [0.25, 0.3) is 0 Å². The molecule has 0 saturated carbocycles. The lowest BCUT2D eigenvalue weighted by atomic mass is 10.0. The number of aromatic nitrogens is 1. The highest BCUT2D eigenvalue weighted by molar-refractivity contribution is 5.83. The van der Waals surface area contributed by atoms with Gasteiger partial charge in [0.2, 0.25) is 0 Å². The summed E-state index contributed by atoms with van der Waals surface area (Å²) in [5.41, 5.74) is 2.91. The van der Waals surface area contributed by atoms with Crippen LogP contribution in [0.4, 0.5) is 0 Å². The number of nitrogens with zero attached hydrogens (tertiary/aromatic N) is 1. The van der Waals surface area contributed by atoms with E-state index >= 15 is 0 Å². The predicted molar refractivity (Wildman–Crippen MR) is 66.2 cm³/mol. The minimum atomic E-state index is 0.718. The molecule has 80 valence electrons. The summed E-state index contributed by atoms with van der Waals surface area (Å²) in [5.74, 6) is 0.718. The zero-order valence-corrected chi connectivity index (χ0v) is 9.83. The lowest BCUT2D eigenvalue weighted by molar-refractivity contribution is 0.646. The first kappa shape index (κ1) is 10.3. The number of hydrogen-bond acceptors (Lipinski definition) is 0. The van der Waals surface area contributed by atoms with E-state index < -0.39 is 0 Å². The summed E-state index contributed by atoms with van der Waals surface area (Å²) in [5, 5.41) is 1.37. The number of fused-ring (bicyclic) bond motifs is 1. The third-order valence-corrected chi connectivity index (χ3v) is 2.84. The molecule has 0 unspecified atom stereocenters. The average molecular weight is 201 g/mol. The fourth-order valence-electron chi connectivity index (χ4n) is 2.21. The molecule has 0 fully saturated rings. The zero-order chi connectivity index (χ0) is 10.8. The van der Waals surface area contributed by atoms with E-state index in [2.05, 4.69) is 55.8 Å². The summed E-state index contributed by atoms with van der Waals surface area (Å²) in [7, 11) is 0. The van der Waals surface area contributed by atoms with Gasteiger partial charge in [-0.3, -0.25) is 0 Å². The minimum absolute atomic E-state index is 0.718. The Bertz CT molecular complexity index is 451. The molecule has 2 rings (SSSR count). The van der Waals surface area contributed by atoms with Crippen LogP contribution in [0.2, 0.25) is 0 Å². The van der Waals surface area contributed by atoms with Gasteiger partial charge in [0.15, 0.2) is 0 Å². The van der Waals surface area contributed by atoms with Crippen LogP contribution in [0.5, 0.6) is 0 Å². The average Bonchev–Trinajstić information content (AvgIpc) is 2.61. The molecule has 0 radical (unpaired) electrons. The molecule has 0 spiro atoms. The van der Waals surface area contributed by atoms with Gasteiger partial charge in [0.05, 0.1) is 5.52 Å². The van der Waals surface area contributed by atoms with Crippen molar-refractivity contribution in [2.24, 2.45) is 5.92 Å². The Labute approximate surface area is 91.7 Å². The smallest absolute Gasteiger partial charge is 0.0512 e. The maximum atomic E-state index is 2.34. The summed E-state index contributed by atoms with van der Waals surface area (Å²) in [4.78, 5) is 0. The number of hydrogen-bond donors (Lipinski definition) is 0. The van der Waals surface area contributed by atoms with Gasteiger partial charge in [0.1, 0.15) is 0 Å². The molecule has 1 aromatic heterocycles. The largest absolute Gasteiger partial charge is 0.348 e. The van der Waals surface area contributed by atoms with Crippen LogP contribution in [-0.4, -0.2) is 4.57 Å². The molecule has 1 nitrogen and oxygen atoms in total. The maximum absolute atomic E-state index is 2.34. The molecular weight excluding hydrogens is 182 g/mol. The first-order valence-electron chi connectivity index (χ1n) is 5.79. The highest BCUT2D eigenvalue weighted by Crippen LogP contribution is 2.22. The summed E-state index contributed by atoms with van der Waals surface area (Å²) in [6.07, 6.45) is 3.36. The van der Waals surface area contributed by atoms with Gasteiger partial charge in [-0.25, -0.2) is 0 Å². The van der Waals surface area contributed by atoms with E-state index in [-0.39, 0.29) is 0 Å². The van der Waals surface area contributed by atoms with Crippen LogP contribution in [0, 0.1) is 5.92 Å². The molecule has 0 aliphatic carbocycles. The Morgan fingerprint density at radius 2 is 2.00 bits per heavy atom. The molecule has 0 aliphatic rings. The fourth-order valence-corrected chi connectivity index (χ4v) is 2.21. The second-order valence-electron chi connectivity index (χ2n) is 4.55. The Morgan fingerprint density at radius 1 is 1.20 bits per heavy atom. The molecule has 2 aromatic rings. The first-order chi connectivity index (χ1) is 7.22. The van der Waals surface area contributed by atoms with Crippen LogP contribution in [0.15, 0.2) is 30.5 Å². The standard InChI is InChI=1S/C14H19N/c1-4-15-9-8-12-6-5-7-13(14(12)15)10-11(2)3/h5-9,11H,4,10H2,1-3H3. The quantitative estimate of drug-likeness (QED) is 0.710. The predicted octanol–water partition coefficient (Wildman–Crippen LogP) is 3.86. The number of rotatable bonds is 3. The van der Waals surface area contributed by atoms with Gasteiger partial charge in [-0.2, -0.15) is 0 Å². The van der Waals surface area contributed by atoms with Crippen molar-refractivity contribution in [3.05, 3.63) is 36.0 Å². The fraction of sp³-hybridized carbons (Fsp3) is 0.429. The highest BCUT2D eigenvalue weighted by Gasteiger charge is 2.06. The third kappa shape index (κ3) is 1.92. The monoisotopic (exact) mass is 201 g/mol. The molecular formula is C14H19N. The molecule has 0 bridgehead atoms. The van der Waals surface area contributed by atoms with Crippen molar-refractivity contribution in [3.8, 4) is 0 Å². The number of aryl methyl sites for hydroxylation is 1. The van der Waals surface area contributed by atoms with E-state index in [0.717, 1.165) is 12.5 Å². The molecule has 0 atom stereocenters. The van der Waals surface area contributed by atoms with Gasteiger partial charge in [-0.05, 0) is 36.3 Å². The van der Waals surface area contributed by atoms with Crippen LogP contribution in [0.3, 0.4) is 0 Å². The Kier molecular flexibility index (Phi) is 2.81. The van der Waals surface area contributed by atoms with Gasteiger partial charge in [0, 0.05) is 12.7 Å². The van der Waals surface area contributed by atoms with Crippen molar-refractivity contribution < 1.29 is 0 Å². The van der Waals surface area contributed by atoms with E-state index in [4.69, 9.17) is 0 Å². The molecule has 0 aliphatic heterocycles. The van der Waals surface area contributed by atoms with Crippen molar-refractivity contribution in [2.75, 3.05) is 0 Å². The van der Waals surface area contributed by atoms with Crippen molar-refractivity contribution in [2.45, 2.75) is 33.7 Å². The third-order valence-electron chi connectivity index (χ3n) is 2.84. The van der Waals surface area contributed by atoms with E-state index in [0.29, 0.717) is 0 Å². The van der Waals surface area contributed by atoms with Crippen molar-refractivity contribution >= 4 is 10.9 Å². The molecule has 15 heavy (non-hydrogen) atoms. The van der Waals surface area contributed by atoms with Crippen molar-refractivity contribution in [3.63, 3.8) is 0 Å². The highest BCUT2D eigenvalue weighted by atomic mass is 14.9. The van der Waals surface area contributed by atoms with Crippen LogP contribution in [0.1, 0.15) is 26.3 Å². The van der Waals surface area contributed by atoms with Gasteiger partial charge >= 0.3 is 0 Å². The minimum Gasteiger partial charge on any atom is -0.348 e. The molecule has 1 heteroatoms. The summed E-state index contributed by atoms with van der Waals surface area (Å²) < 4.78 is 2.34. The molecule has 1 aromatic carbocycles. The van der Waals surface area contributed by atoms with Crippen LogP contribution in [0.25, 0.3) is 10.9 Å². The number of benzene rings is 1. The molecule has 0 saturated heterocycles. The number of para-hydroxylation sites is 1. The van der Waals surface area contributed by atoms with Gasteiger partial charge in [-0.1, -0.05) is 32.0 Å². The van der Waals surface area contributed by atoms with Crippen molar-refractivity contribution in [1.82, 2.24) is 4.57 Å². The second kappa shape index (κ2) is 4.09. The zero-order valence-electron chi connectivity index (χ0n) is 9.83. The normalized spacial score (nSPS) is 11.5. The van der Waals surface area contributed by atoms with Crippen molar-refractivity contribution in [1.29, 1.82) is 0 Å². The lowest BCUT2D eigenvalue weighted by Crippen LogP contribution is -1.99. The van der Waals surface area contributed by atoms with Crippen LogP contribution >= 0.6 is 0 Å². The van der Waals surface area contributed by atoms with Gasteiger partial charge in [-0.15, -0.1) is 0 Å². The first-order valence-corrected chi connectivity index (χ1v) is 5.79. The van der Waals surface area contributed by atoms with E-state index in [9.17, 15) is 0 Å². The summed E-state index contributed by atoms with van der Waals surface area (Å²) >= 11 is 0. The SMILES string of the molecule is CCn1ccc2cccc(CC(C)C)c21. The lowest BCUT2D eigenvalue weighted by Gasteiger charge is -2.09. The van der Waals surface area contributed by atoms with Gasteiger partial charge < -0.3 is 4.57 Å². The van der Waals surface area contributed by atoms with E-state index in [1.807, 2.05) is 0 Å². The Hall–Kier alpha value is -1.24. The Balaban J connectivity index is 2.56.